The first-order valence-electron chi connectivity index (χ1n) is 17.8. The van der Waals surface area contributed by atoms with Crippen molar-refractivity contribution in [1.29, 1.82) is 0 Å². The normalized spacial score (nSPS) is 15.5. The highest BCUT2D eigenvalue weighted by Crippen LogP contribution is 2.30. The Hall–Kier alpha value is -3.62. The van der Waals surface area contributed by atoms with Gasteiger partial charge < -0.3 is 20.6 Å². The van der Waals surface area contributed by atoms with Crippen molar-refractivity contribution in [1.82, 2.24) is 15.5 Å². The summed E-state index contributed by atoms with van der Waals surface area (Å²) >= 11 is 0. The van der Waals surface area contributed by atoms with Gasteiger partial charge in [-0.1, -0.05) is 76.3 Å². The molecule has 3 unspecified atom stereocenters. The molecule has 0 saturated heterocycles. The molecule has 3 aromatic rings. The number of amides is 2. The number of aliphatic hydroxyl groups is 1. The van der Waals surface area contributed by atoms with E-state index in [4.69, 9.17) is 0 Å². The first kappa shape index (κ1) is 37.2. The molecular weight excluding hydrogens is 608 g/mol. The highest BCUT2D eigenvalue weighted by atomic mass is 19.1. The predicted molar refractivity (Wildman–Crippen MR) is 188 cm³/mol. The molecule has 0 radical (unpaired) electrons. The Labute approximate surface area is 285 Å². The van der Waals surface area contributed by atoms with Gasteiger partial charge in [0.15, 0.2) is 0 Å². The second-order valence-corrected chi connectivity index (χ2v) is 13.5. The molecule has 8 heteroatoms. The first-order valence-corrected chi connectivity index (χ1v) is 17.8. The van der Waals surface area contributed by atoms with Gasteiger partial charge in [-0.15, -0.1) is 0 Å². The summed E-state index contributed by atoms with van der Waals surface area (Å²) in [6.07, 6.45) is 8.97. The fraction of sp³-hybridized carbons (Fsp3) is 0.500. The molecule has 0 heterocycles. The van der Waals surface area contributed by atoms with Gasteiger partial charge >= 0.3 is 0 Å². The first-order chi connectivity index (χ1) is 23.2. The largest absolute Gasteiger partial charge is 0.390 e. The number of rotatable bonds is 17. The van der Waals surface area contributed by atoms with Gasteiger partial charge in [-0.3, -0.25) is 9.59 Å². The molecule has 3 N–H and O–H groups in total. The lowest BCUT2D eigenvalue weighted by Crippen LogP contribution is -2.49. The zero-order valence-electron chi connectivity index (χ0n) is 28.8. The average Bonchev–Trinajstić information content (AvgIpc) is 3.07. The Morgan fingerprint density at radius 3 is 2.19 bits per heavy atom. The molecule has 1 saturated carbocycles. The van der Waals surface area contributed by atoms with Crippen LogP contribution in [0.5, 0.6) is 0 Å². The van der Waals surface area contributed by atoms with Crippen LogP contribution in [0.2, 0.25) is 0 Å². The molecular formula is C40H53F2N3O3. The molecule has 0 bridgehead atoms. The van der Waals surface area contributed by atoms with Gasteiger partial charge in [-0.2, -0.15) is 0 Å². The summed E-state index contributed by atoms with van der Waals surface area (Å²) in [6, 6.07) is 17.6. The van der Waals surface area contributed by atoms with E-state index in [9.17, 15) is 23.5 Å². The lowest BCUT2D eigenvalue weighted by Gasteiger charge is -2.29. The maximum absolute atomic E-state index is 14.2. The van der Waals surface area contributed by atoms with E-state index in [1.807, 2.05) is 39.0 Å². The number of nitrogens with zero attached hydrogens (tertiary/aromatic N) is 1. The highest BCUT2D eigenvalue weighted by molar-refractivity contribution is 6.00. The van der Waals surface area contributed by atoms with E-state index in [0.717, 1.165) is 42.9 Å². The minimum atomic E-state index is -1.07. The summed E-state index contributed by atoms with van der Waals surface area (Å²) in [4.78, 5) is 28.9. The van der Waals surface area contributed by atoms with Crippen LogP contribution in [-0.4, -0.2) is 53.6 Å². The second kappa shape index (κ2) is 18.8. The van der Waals surface area contributed by atoms with Crippen LogP contribution in [-0.2, 0) is 6.42 Å². The van der Waals surface area contributed by atoms with E-state index in [1.165, 1.54) is 44.2 Å². The third-order valence-corrected chi connectivity index (χ3v) is 9.38. The van der Waals surface area contributed by atoms with Crippen LogP contribution in [0.1, 0.15) is 115 Å². The standard InChI is InChI=1S/C40H53F2N3O3/c1-4-18-45(19-5-2)40(48)33-21-28(3)20-32(25-33)39(47)44-37(24-30-22-34(41)26-35(42)23-30)38(46)27-43-36(31-14-10-7-11-15-31)17-16-29-12-8-6-9-13-29/h7,10-11,14-15,20-23,25-26,29,36-38,43,46H,4-6,8-9,12-13,16-19,24,27H2,1-3H3,(H,44,47). The van der Waals surface area contributed by atoms with E-state index in [2.05, 4.69) is 22.8 Å². The van der Waals surface area contributed by atoms with Crippen molar-refractivity contribution in [3.8, 4) is 0 Å². The van der Waals surface area contributed by atoms with Crippen LogP contribution in [0.15, 0.2) is 66.7 Å². The number of carbonyl (C=O) groups is 2. The minimum absolute atomic E-state index is 0.00488. The third kappa shape index (κ3) is 11.2. The van der Waals surface area contributed by atoms with Crippen molar-refractivity contribution in [2.24, 2.45) is 5.92 Å². The molecule has 3 atom stereocenters. The smallest absolute Gasteiger partial charge is 0.253 e. The fourth-order valence-corrected chi connectivity index (χ4v) is 6.95. The maximum Gasteiger partial charge on any atom is 0.253 e. The molecule has 6 nitrogen and oxygen atoms in total. The SMILES string of the molecule is CCCN(CCC)C(=O)c1cc(C)cc(C(=O)NC(Cc2cc(F)cc(F)c2)C(O)CNC(CCC2CCCCC2)c2ccccc2)c1. The maximum atomic E-state index is 14.2. The number of carbonyl (C=O) groups excluding carboxylic acids is 2. The van der Waals surface area contributed by atoms with Crippen molar-refractivity contribution in [2.45, 2.75) is 103 Å². The topological polar surface area (TPSA) is 81.7 Å². The van der Waals surface area contributed by atoms with E-state index in [1.54, 1.807) is 23.1 Å². The van der Waals surface area contributed by atoms with Gasteiger partial charge in [-0.05, 0) is 92.0 Å². The number of hydrogen-bond acceptors (Lipinski definition) is 4. The average molecular weight is 662 g/mol. The molecule has 2 amide bonds. The molecule has 1 aliphatic carbocycles. The van der Waals surface area contributed by atoms with E-state index in [-0.39, 0.29) is 30.5 Å². The van der Waals surface area contributed by atoms with Gasteiger partial charge in [0.25, 0.3) is 11.8 Å². The summed E-state index contributed by atoms with van der Waals surface area (Å²) in [7, 11) is 0. The van der Waals surface area contributed by atoms with Crippen LogP contribution in [0.25, 0.3) is 0 Å². The molecule has 1 aliphatic rings. The van der Waals surface area contributed by atoms with Crippen LogP contribution < -0.4 is 10.6 Å². The number of nitrogens with one attached hydrogen (secondary N) is 2. The Kier molecular flexibility index (Phi) is 14.6. The minimum Gasteiger partial charge on any atom is -0.390 e. The quantitative estimate of drug-likeness (QED) is 0.137. The van der Waals surface area contributed by atoms with Crippen LogP contribution in [0.4, 0.5) is 8.78 Å². The molecule has 48 heavy (non-hydrogen) atoms. The van der Waals surface area contributed by atoms with Gasteiger partial charge in [0.2, 0.25) is 0 Å². The van der Waals surface area contributed by atoms with Crippen LogP contribution in [0.3, 0.4) is 0 Å². The number of benzene rings is 3. The number of hydrogen-bond donors (Lipinski definition) is 3. The second-order valence-electron chi connectivity index (χ2n) is 13.5. The zero-order chi connectivity index (χ0) is 34.5. The van der Waals surface area contributed by atoms with E-state index >= 15 is 0 Å². The lowest BCUT2D eigenvalue weighted by molar-refractivity contribution is 0.0755. The third-order valence-electron chi connectivity index (χ3n) is 9.38. The van der Waals surface area contributed by atoms with Crippen molar-refractivity contribution in [2.75, 3.05) is 19.6 Å². The summed E-state index contributed by atoms with van der Waals surface area (Å²) in [5.74, 6) is -1.34. The summed E-state index contributed by atoms with van der Waals surface area (Å²) < 4.78 is 28.4. The van der Waals surface area contributed by atoms with Crippen molar-refractivity contribution in [3.63, 3.8) is 0 Å². The Bertz CT molecular complexity index is 1440. The van der Waals surface area contributed by atoms with Crippen molar-refractivity contribution >= 4 is 11.8 Å². The van der Waals surface area contributed by atoms with Crippen molar-refractivity contribution in [3.05, 3.63) is 106 Å². The molecule has 0 aromatic heterocycles. The van der Waals surface area contributed by atoms with Crippen LogP contribution in [0, 0.1) is 24.5 Å². The lowest BCUT2D eigenvalue weighted by atomic mass is 9.84. The molecule has 0 spiro atoms. The fourth-order valence-electron chi connectivity index (χ4n) is 6.95. The predicted octanol–water partition coefficient (Wildman–Crippen LogP) is 7.93. The summed E-state index contributed by atoms with van der Waals surface area (Å²) in [5.41, 5.74) is 2.93. The Balaban J connectivity index is 1.54. The number of aryl methyl sites for hydroxylation is 1. The Morgan fingerprint density at radius 1 is 0.896 bits per heavy atom. The molecule has 1 fully saturated rings. The number of halogens is 2. The number of aliphatic hydroxyl groups excluding tert-OH is 1. The molecule has 0 aliphatic heterocycles. The molecule has 4 rings (SSSR count). The van der Waals surface area contributed by atoms with E-state index < -0.39 is 29.7 Å². The zero-order valence-corrected chi connectivity index (χ0v) is 28.8. The van der Waals surface area contributed by atoms with Gasteiger partial charge in [-0.25, -0.2) is 8.78 Å². The van der Waals surface area contributed by atoms with Gasteiger partial charge in [0.1, 0.15) is 11.6 Å². The van der Waals surface area contributed by atoms with Gasteiger partial charge in [0.05, 0.1) is 12.1 Å². The van der Waals surface area contributed by atoms with Crippen LogP contribution >= 0.6 is 0 Å². The summed E-state index contributed by atoms with van der Waals surface area (Å²) in [6.45, 7) is 7.29. The Morgan fingerprint density at radius 2 is 1.54 bits per heavy atom. The summed E-state index contributed by atoms with van der Waals surface area (Å²) in [5, 5.41) is 18.1. The van der Waals surface area contributed by atoms with Crippen molar-refractivity contribution < 1.29 is 23.5 Å². The van der Waals surface area contributed by atoms with E-state index in [0.29, 0.717) is 30.1 Å². The molecule has 260 valence electrons. The van der Waals surface area contributed by atoms with Gasteiger partial charge in [0, 0.05) is 42.9 Å². The monoisotopic (exact) mass is 661 g/mol. The highest BCUT2D eigenvalue weighted by Gasteiger charge is 2.26. The molecule has 3 aromatic carbocycles.